The maximum atomic E-state index is 13.1. The number of aromatic nitrogens is 3. The number of carbonyl (C=O) groups excluding carboxylic acids is 1. The number of nitrogens with zero attached hydrogens (tertiary/aromatic N) is 5. The number of hydrogen-bond acceptors (Lipinski definition) is 6. The minimum atomic E-state index is -4.41. The van der Waals surface area contributed by atoms with Gasteiger partial charge in [-0.2, -0.15) is 13.2 Å². The summed E-state index contributed by atoms with van der Waals surface area (Å²) in [5.74, 6) is 0.459. The first kappa shape index (κ1) is 21.1. The van der Waals surface area contributed by atoms with Gasteiger partial charge in [0, 0.05) is 38.6 Å². The normalized spacial score (nSPS) is 15.5. The zero-order chi connectivity index (χ0) is 22.2. The third kappa shape index (κ3) is 4.33. The van der Waals surface area contributed by atoms with Crippen LogP contribution in [0.4, 0.5) is 19.0 Å². The molecule has 164 valence electrons. The van der Waals surface area contributed by atoms with Crippen LogP contribution >= 0.6 is 0 Å². The molecule has 1 saturated heterocycles. The van der Waals surface area contributed by atoms with Crippen LogP contribution in [0, 0.1) is 0 Å². The van der Waals surface area contributed by atoms with E-state index in [9.17, 15) is 18.0 Å². The lowest BCUT2D eigenvalue weighted by Gasteiger charge is -2.23. The van der Waals surface area contributed by atoms with E-state index in [4.69, 9.17) is 4.52 Å². The van der Waals surface area contributed by atoms with E-state index in [0.717, 1.165) is 23.3 Å². The summed E-state index contributed by atoms with van der Waals surface area (Å²) >= 11 is 0. The molecule has 0 atom stereocenters. The van der Waals surface area contributed by atoms with Gasteiger partial charge in [-0.3, -0.25) is 4.79 Å². The second-order valence-corrected chi connectivity index (χ2v) is 7.83. The fourth-order valence-corrected chi connectivity index (χ4v) is 3.66. The van der Waals surface area contributed by atoms with Crippen molar-refractivity contribution < 1.29 is 22.5 Å². The average Bonchev–Trinajstić information content (AvgIpc) is 3.01. The Morgan fingerprint density at radius 2 is 1.90 bits per heavy atom. The molecule has 7 nitrogen and oxygen atoms in total. The van der Waals surface area contributed by atoms with E-state index < -0.39 is 11.7 Å². The summed E-state index contributed by atoms with van der Waals surface area (Å²) < 4.78 is 43.5. The smallest absolute Gasteiger partial charge is 0.355 e. The molecule has 0 radical (unpaired) electrons. The maximum Gasteiger partial charge on any atom is 0.417 e. The molecule has 4 heterocycles. The molecule has 31 heavy (non-hydrogen) atoms. The van der Waals surface area contributed by atoms with Gasteiger partial charge in [-0.1, -0.05) is 19.0 Å². The van der Waals surface area contributed by atoms with Gasteiger partial charge in [-0.05, 0) is 30.5 Å². The second kappa shape index (κ2) is 8.16. The predicted octanol–water partition coefficient (Wildman–Crippen LogP) is 4.11. The highest BCUT2D eigenvalue weighted by atomic mass is 19.4. The van der Waals surface area contributed by atoms with Crippen LogP contribution in [0.25, 0.3) is 11.1 Å². The van der Waals surface area contributed by atoms with E-state index in [0.29, 0.717) is 49.7 Å². The lowest BCUT2D eigenvalue weighted by molar-refractivity contribution is -0.137. The standard InChI is InChI=1S/C21H22F3N5O2/c1-13(2)18-16-10-14(11-26-19(16)31-27-18)20(30)29-7-3-6-28(8-9-29)17-5-4-15(12-25-17)21(22,23)24/h4-5,10-13H,3,6-9H2,1-2H3. The predicted molar refractivity (Wildman–Crippen MR) is 108 cm³/mol. The molecule has 1 aliphatic heterocycles. The quantitative estimate of drug-likeness (QED) is 0.619. The van der Waals surface area contributed by atoms with Crippen molar-refractivity contribution >= 4 is 22.8 Å². The third-order valence-electron chi connectivity index (χ3n) is 5.33. The zero-order valence-electron chi connectivity index (χ0n) is 17.2. The molecular weight excluding hydrogens is 411 g/mol. The molecule has 1 fully saturated rings. The third-order valence-corrected chi connectivity index (χ3v) is 5.33. The van der Waals surface area contributed by atoms with E-state index in [1.807, 2.05) is 18.7 Å². The Hall–Kier alpha value is -3.17. The van der Waals surface area contributed by atoms with E-state index in [1.165, 1.54) is 12.3 Å². The molecule has 0 unspecified atom stereocenters. The van der Waals surface area contributed by atoms with Crippen LogP contribution in [-0.2, 0) is 6.18 Å². The van der Waals surface area contributed by atoms with Gasteiger partial charge in [0.1, 0.15) is 5.82 Å². The van der Waals surface area contributed by atoms with Crippen LogP contribution in [0.3, 0.4) is 0 Å². The average molecular weight is 433 g/mol. The number of fused-ring (bicyclic) bond motifs is 1. The van der Waals surface area contributed by atoms with Crippen molar-refractivity contribution in [1.29, 1.82) is 0 Å². The summed E-state index contributed by atoms with van der Waals surface area (Å²) in [5.41, 5.74) is 0.835. The van der Waals surface area contributed by atoms with Gasteiger partial charge in [-0.15, -0.1) is 0 Å². The van der Waals surface area contributed by atoms with Crippen molar-refractivity contribution in [1.82, 2.24) is 20.0 Å². The summed E-state index contributed by atoms with van der Waals surface area (Å²) in [6.07, 6.45) is -1.41. The fourth-order valence-electron chi connectivity index (χ4n) is 3.66. The Morgan fingerprint density at radius 3 is 2.58 bits per heavy atom. The van der Waals surface area contributed by atoms with Crippen molar-refractivity contribution in [3.8, 4) is 0 Å². The van der Waals surface area contributed by atoms with Crippen molar-refractivity contribution in [2.24, 2.45) is 0 Å². The van der Waals surface area contributed by atoms with Crippen molar-refractivity contribution in [3.05, 3.63) is 47.4 Å². The molecule has 0 saturated carbocycles. The summed E-state index contributed by atoms with van der Waals surface area (Å²) in [5, 5.41) is 4.77. The molecule has 0 bridgehead atoms. The minimum Gasteiger partial charge on any atom is -0.355 e. The summed E-state index contributed by atoms with van der Waals surface area (Å²) in [7, 11) is 0. The Balaban J connectivity index is 1.48. The Kier molecular flexibility index (Phi) is 5.55. The molecule has 1 amide bonds. The van der Waals surface area contributed by atoms with Gasteiger partial charge in [0.25, 0.3) is 11.6 Å². The minimum absolute atomic E-state index is 0.136. The van der Waals surface area contributed by atoms with Crippen LogP contribution in [0.1, 0.15) is 47.8 Å². The van der Waals surface area contributed by atoms with Gasteiger partial charge in [0.2, 0.25) is 0 Å². The molecular formula is C21H22F3N5O2. The van der Waals surface area contributed by atoms with Crippen LogP contribution < -0.4 is 4.90 Å². The Bertz CT molecular complexity index is 1080. The number of carbonyl (C=O) groups is 1. The number of hydrogen-bond donors (Lipinski definition) is 0. The topological polar surface area (TPSA) is 75.4 Å². The molecule has 0 spiro atoms. The van der Waals surface area contributed by atoms with Gasteiger partial charge in [0.15, 0.2) is 0 Å². The van der Waals surface area contributed by atoms with E-state index in [-0.39, 0.29) is 11.8 Å². The summed E-state index contributed by atoms with van der Waals surface area (Å²) in [4.78, 5) is 24.9. The number of amides is 1. The molecule has 4 rings (SSSR count). The molecule has 0 aromatic carbocycles. The number of alkyl halides is 3. The molecule has 3 aromatic rings. The largest absolute Gasteiger partial charge is 0.417 e. The number of halogens is 3. The van der Waals surface area contributed by atoms with Crippen molar-refractivity contribution in [2.75, 3.05) is 31.1 Å². The Morgan fingerprint density at radius 1 is 1.10 bits per heavy atom. The summed E-state index contributed by atoms with van der Waals surface area (Å²) in [6.45, 7) is 6.02. The van der Waals surface area contributed by atoms with E-state index >= 15 is 0 Å². The van der Waals surface area contributed by atoms with Crippen LogP contribution in [-0.4, -0.2) is 52.1 Å². The molecule has 10 heteroatoms. The monoisotopic (exact) mass is 433 g/mol. The van der Waals surface area contributed by atoms with Gasteiger partial charge in [0.05, 0.1) is 22.2 Å². The van der Waals surface area contributed by atoms with E-state index in [1.54, 1.807) is 11.0 Å². The van der Waals surface area contributed by atoms with Crippen LogP contribution in [0.2, 0.25) is 0 Å². The van der Waals surface area contributed by atoms with Crippen LogP contribution in [0.5, 0.6) is 0 Å². The molecule has 1 aliphatic rings. The first-order valence-corrected chi connectivity index (χ1v) is 10.1. The zero-order valence-corrected chi connectivity index (χ0v) is 17.2. The maximum absolute atomic E-state index is 13.1. The lowest BCUT2D eigenvalue weighted by atomic mass is 10.1. The summed E-state index contributed by atoms with van der Waals surface area (Å²) in [6, 6.07) is 4.16. The first-order chi connectivity index (χ1) is 14.7. The van der Waals surface area contributed by atoms with Crippen molar-refractivity contribution in [2.45, 2.75) is 32.4 Å². The Labute approximate surface area is 176 Å². The highest BCUT2D eigenvalue weighted by Crippen LogP contribution is 2.29. The number of anilines is 1. The van der Waals surface area contributed by atoms with Crippen molar-refractivity contribution in [3.63, 3.8) is 0 Å². The highest BCUT2D eigenvalue weighted by molar-refractivity contribution is 5.97. The van der Waals surface area contributed by atoms with Crippen LogP contribution in [0.15, 0.2) is 35.1 Å². The highest BCUT2D eigenvalue weighted by Gasteiger charge is 2.31. The van der Waals surface area contributed by atoms with Gasteiger partial charge in [-0.25, -0.2) is 9.97 Å². The molecule has 0 N–H and O–H groups in total. The number of rotatable bonds is 3. The lowest BCUT2D eigenvalue weighted by Crippen LogP contribution is -2.35. The SMILES string of the molecule is CC(C)c1noc2ncc(C(=O)N3CCCN(c4ccc(C(F)(F)F)cn4)CC3)cc12. The second-order valence-electron chi connectivity index (χ2n) is 7.83. The van der Waals surface area contributed by atoms with Gasteiger partial charge < -0.3 is 14.3 Å². The fraction of sp³-hybridized carbons (Fsp3) is 0.429. The first-order valence-electron chi connectivity index (χ1n) is 10.1. The number of pyridine rings is 2. The van der Waals surface area contributed by atoms with Gasteiger partial charge >= 0.3 is 6.18 Å². The molecule has 0 aliphatic carbocycles. The molecule has 3 aromatic heterocycles. The van der Waals surface area contributed by atoms with E-state index in [2.05, 4.69) is 15.1 Å².